The minimum atomic E-state index is -0.338. The zero-order chi connectivity index (χ0) is 17.8. The first-order valence-electron chi connectivity index (χ1n) is 7.96. The second-order valence-electron chi connectivity index (χ2n) is 5.75. The van der Waals surface area contributed by atoms with Gasteiger partial charge in [-0.1, -0.05) is 35.3 Å². The van der Waals surface area contributed by atoms with Crippen LogP contribution in [0.25, 0.3) is 0 Å². The number of amides is 1. The zero-order valence-corrected chi connectivity index (χ0v) is 15.7. The van der Waals surface area contributed by atoms with Crippen molar-refractivity contribution in [3.05, 3.63) is 58.1 Å². The minimum absolute atomic E-state index is 0.239. The summed E-state index contributed by atoms with van der Waals surface area (Å²) in [7, 11) is 0. The van der Waals surface area contributed by atoms with Gasteiger partial charge in [-0.25, -0.2) is 0 Å². The van der Waals surface area contributed by atoms with E-state index in [9.17, 15) is 4.79 Å². The average molecular weight is 394 g/mol. The highest BCUT2D eigenvalue weighted by atomic mass is 35.5. The molecule has 1 heterocycles. The molecule has 0 spiro atoms. The number of halogens is 2. The van der Waals surface area contributed by atoms with Gasteiger partial charge in [0.2, 0.25) is 0 Å². The molecular formula is C18H17Cl2N3OS. The van der Waals surface area contributed by atoms with E-state index < -0.39 is 0 Å². The smallest absolute Gasteiger partial charge is 0.257 e. The quantitative estimate of drug-likeness (QED) is 0.740. The molecule has 4 nitrogen and oxygen atoms in total. The van der Waals surface area contributed by atoms with E-state index in [1.54, 1.807) is 12.1 Å². The van der Waals surface area contributed by atoms with Crippen molar-refractivity contribution in [2.24, 2.45) is 0 Å². The lowest BCUT2D eigenvalue weighted by Gasteiger charge is -2.22. The second-order valence-corrected chi connectivity index (χ2v) is 6.97. The molecular weight excluding hydrogens is 377 g/mol. The number of nitrogens with one attached hydrogen (secondary N) is 2. The topological polar surface area (TPSA) is 44.4 Å². The molecule has 0 bridgehead atoms. The maximum atomic E-state index is 12.3. The standard InChI is InChI=1S/C18H17Cl2N3OS/c19-13-8-7-12(11-14(13)20)17(24)22-18(25)21-15-5-1-2-6-16(15)23-9-3-4-10-23/h1-2,5-8,11H,3-4,9-10H2,(H2,21,22,24,25). The van der Waals surface area contributed by atoms with Crippen molar-refractivity contribution < 1.29 is 4.79 Å². The van der Waals surface area contributed by atoms with Crippen LogP contribution >= 0.6 is 35.4 Å². The van der Waals surface area contributed by atoms with Gasteiger partial charge in [0.1, 0.15) is 0 Å². The molecule has 1 saturated heterocycles. The number of carbonyl (C=O) groups is 1. The molecule has 0 radical (unpaired) electrons. The molecule has 2 N–H and O–H groups in total. The summed E-state index contributed by atoms with van der Waals surface area (Å²) in [4.78, 5) is 14.6. The van der Waals surface area contributed by atoms with Crippen molar-refractivity contribution in [2.75, 3.05) is 23.3 Å². The van der Waals surface area contributed by atoms with Crippen LogP contribution in [-0.2, 0) is 0 Å². The summed E-state index contributed by atoms with van der Waals surface area (Å²) in [5.74, 6) is -0.338. The molecule has 7 heteroatoms. The Hall–Kier alpha value is -1.82. The van der Waals surface area contributed by atoms with Crippen LogP contribution in [-0.4, -0.2) is 24.1 Å². The molecule has 2 aromatic carbocycles. The molecule has 1 aliphatic heterocycles. The minimum Gasteiger partial charge on any atom is -0.370 e. The molecule has 0 aromatic heterocycles. The number of thiocarbonyl (C=S) groups is 1. The van der Waals surface area contributed by atoms with Crippen molar-refractivity contribution in [1.29, 1.82) is 0 Å². The molecule has 3 rings (SSSR count). The first kappa shape index (κ1) is 18.0. The lowest BCUT2D eigenvalue weighted by atomic mass is 10.2. The normalized spacial score (nSPS) is 13.6. The number of nitrogens with zero attached hydrogens (tertiary/aromatic N) is 1. The summed E-state index contributed by atoms with van der Waals surface area (Å²) in [6.45, 7) is 2.06. The SMILES string of the molecule is O=C(NC(=S)Nc1ccccc1N1CCCC1)c1ccc(Cl)c(Cl)c1. The van der Waals surface area contributed by atoms with Gasteiger partial charge < -0.3 is 10.2 Å². The summed E-state index contributed by atoms with van der Waals surface area (Å²) in [6, 6.07) is 12.6. The van der Waals surface area contributed by atoms with Gasteiger partial charge in [0, 0.05) is 18.7 Å². The monoisotopic (exact) mass is 393 g/mol. The van der Waals surface area contributed by atoms with E-state index in [0.29, 0.717) is 15.6 Å². The molecule has 0 saturated carbocycles. The Morgan fingerprint density at radius 2 is 1.76 bits per heavy atom. The predicted molar refractivity (Wildman–Crippen MR) is 108 cm³/mol. The van der Waals surface area contributed by atoms with Crippen LogP contribution in [0.2, 0.25) is 10.0 Å². The van der Waals surface area contributed by atoms with Crippen LogP contribution in [0.5, 0.6) is 0 Å². The summed E-state index contributed by atoms with van der Waals surface area (Å²) in [6.07, 6.45) is 2.37. The Bertz CT molecular complexity index is 807. The first-order chi connectivity index (χ1) is 12.0. The fraction of sp³-hybridized carbons (Fsp3) is 0.222. The molecule has 130 valence electrons. The zero-order valence-electron chi connectivity index (χ0n) is 13.4. The lowest BCUT2D eigenvalue weighted by Crippen LogP contribution is -2.34. The van der Waals surface area contributed by atoms with E-state index in [4.69, 9.17) is 35.4 Å². The van der Waals surface area contributed by atoms with Gasteiger partial charge in [-0.3, -0.25) is 10.1 Å². The van der Waals surface area contributed by atoms with Crippen LogP contribution in [0.3, 0.4) is 0 Å². The maximum absolute atomic E-state index is 12.3. The summed E-state index contributed by atoms with van der Waals surface area (Å²) < 4.78 is 0. The number of hydrogen-bond acceptors (Lipinski definition) is 3. The third-order valence-corrected chi connectivity index (χ3v) is 4.95. The van der Waals surface area contributed by atoms with Crippen LogP contribution < -0.4 is 15.5 Å². The highest BCUT2D eigenvalue weighted by Gasteiger charge is 2.16. The number of rotatable bonds is 3. The van der Waals surface area contributed by atoms with E-state index in [0.717, 1.165) is 24.5 Å². The Morgan fingerprint density at radius 3 is 2.48 bits per heavy atom. The van der Waals surface area contributed by atoms with E-state index in [2.05, 4.69) is 21.6 Å². The van der Waals surface area contributed by atoms with E-state index >= 15 is 0 Å². The molecule has 0 atom stereocenters. The average Bonchev–Trinajstić information content (AvgIpc) is 3.12. The number of anilines is 2. The fourth-order valence-corrected chi connectivity index (χ4v) is 3.28. The molecule has 2 aromatic rings. The summed E-state index contributed by atoms with van der Waals surface area (Å²) in [5.41, 5.74) is 2.36. The van der Waals surface area contributed by atoms with Crippen molar-refractivity contribution in [1.82, 2.24) is 5.32 Å². The molecule has 1 aliphatic rings. The molecule has 1 amide bonds. The van der Waals surface area contributed by atoms with Crippen molar-refractivity contribution in [3.8, 4) is 0 Å². The van der Waals surface area contributed by atoms with Crippen LogP contribution in [0.15, 0.2) is 42.5 Å². The van der Waals surface area contributed by atoms with E-state index in [1.165, 1.54) is 18.9 Å². The number of para-hydroxylation sites is 2. The first-order valence-corrected chi connectivity index (χ1v) is 9.12. The van der Waals surface area contributed by atoms with Crippen LogP contribution in [0.4, 0.5) is 11.4 Å². The van der Waals surface area contributed by atoms with E-state index in [1.807, 2.05) is 18.2 Å². The molecule has 0 unspecified atom stereocenters. The van der Waals surface area contributed by atoms with Gasteiger partial charge >= 0.3 is 0 Å². The maximum Gasteiger partial charge on any atom is 0.257 e. The highest BCUT2D eigenvalue weighted by Crippen LogP contribution is 2.28. The molecule has 25 heavy (non-hydrogen) atoms. The highest BCUT2D eigenvalue weighted by molar-refractivity contribution is 7.80. The van der Waals surface area contributed by atoms with Gasteiger partial charge in [0.25, 0.3) is 5.91 Å². The Kier molecular flexibility index (Phi) is 5.78. The Balaban J connectivity index is 1.68. The Labute approximate surface area is 162 Å². The van der Waals surface area contributed by atoms with Crippen molar-refractivity contribution >= 4 is 57.8 Å². The summed E-state index contributed by atoms with van der Waals surface area (Å²) in [5, 5.41) is 6.75. The number of hydrogen-bond donors (Lipinski definition) is 2. The van der Waals surface area contributed by atoms with E-state index in [-0.39, 0.29) is 11.0 Å². The number of carbonyl (C=O) groups excluding carboxylic acids is 1. The largest absolute Gasteiger partial charge is 0.370 e. The van der Waals surface area contributed by atoms with Gasteiger partial charge in [-0.2, -0.15) is 0 Å². The van der Waals surface area contributed by atoms with Gasteiger partial charge in [0.15, 0.2) is 5.11 Å². The third-order valence-electron chi connectivity index (χ3n) is 4.01. The van der Waals surface area contributed by atoms with Crippen molar-refractivity contribution in [3.63, 3.8) is 0 Å². The Morgan fingerprint density at radius 1 is 1.04 bits per heavy atom. The fourth-order valence-electron chi connectivity index (χ4n) is 2.78. The summed E-state index contributed by atoms with van der Waals surface area (Å²) >= 11 is 17.1. The van der Waals surface area contributed by atoms with Crippen molar-refractivity contribution in [2.45, 2.75) is 12.8 Å². The lowest BCUT2D eigenvalue weighted by molar-refractivity contribution is 0.0977. The van der Waals surface area contributed by atoms with Gasteiger partial charge in [-0.05, 0) is 55.4 Å². The molecule has 1 fully saturated rings. The third kappa shape index (κ3) is 4.42. The van der Waals surface area contributed by atoms with Gasteiger partial charge in [-0.15, -0.1) is 0 Å². The van der Waals surface area contributed by atoms with Crippen LogP contribution in [0.1, 0.15) is 23.2 Å². The second kappa shape index (κ2) is 8.04. The predicted octanol–water partition coefficient (Wildman–Crippen LogP) is 4.72. The molecule has 0 aliphatic carbocycles. The van der Waals surface area contributed by atoms with Gasteiger partial charge in [0.05, 0.1) is 21.4 Å². The van der Waals surface area contributed by atoms with Crippen LogP contribution in [0, 0.1) is 0 Å². The number of benzene rings is 2.